The molecule has 1 rings (SSSR count). The first-order valence-electron chi connectivity index (χ1n) is 5.83. The number of thiophene rings is 1. The SMILES string of the molecule is CC(C)CNC(=O)CCNS(=O)(=O)c1ccc(Br)s1. The van der Waals surface area contributed by atoms with Gasteiger partial charge in [0.15, 0.2) is 0 Å². The number of hydrogen-bond donors (Lipinski definition) is 2. The lowest BCUT2D eigenvalue weighted by molar-refractivity contribution is -0.121. The van der Waals surface area contributed by atoms with Gasteiger partial charge in [0.2, 0.25) is 15.9 Å². The molecule has 2 N–H and O–H groups in total. The third kappa shape index (κ3) is 6.03. The molecule has 0 aromatic carbocycles. The highest BCUT2D eigenvalue weighted by Gasteiger charge is 2.16. The van der Waals surface area contributed by atoms with Crippen LogP contribution in [-0.4, -0.2) is 27.4 Å². The zero-order chi connectivity index (χ0) is 14.5. The van der Waals surface area contributed by atoms with Crippen LogP contribution >= 0.6 is 27.3 Å². The van der Waals surface area contributed by atoms with Crippen molar-refractivity contribution in [3.63, 3.8) is 0 Å². The van der Waals surface area contributed by atoms with E-state index < -0.39 is 10.0 Å². The van der Waals surface area contributed by atoms with Crippen molar-refractivity contribution in [2.75, 3.05) is 13.1 Å². The van der Waals surface area contributed by atoms with Gasteiger partial charge < -0.3 is 5.32 Å². The number of halogens is 1. The Bertz CT molecular complexity index is 526. The maximum atomic E-state index is 11.8. The number of carbonyl (C=O) groups excluding carboxylic acids is 1. The van der Waals surface area contributed by atoms with Gasteiger partial charge in [-0.15, -0.1) is 11.3 Å². The van der Waals surface area contributed by atoms with Gasteiger partial charge in [0.05, 0.1) is 3.79 Å². The summed E-state index contributed by atoms with van der Waals surface area (Å²) in [5, 5.41) is 2.73. The summed E-state index contributed by atoms with van der Waals surface area (Å²) in [6.45, 7) is 4.69. The Morgan fingerprint density at radius 2 is 2.11 bits per heavy atom. The second-order valence-corrected chi connectivity index (χ2v) is 8.86. The number of amides is 1. The molecule has 5 nitrogen and oxygen atoms in total. The molecule has 0 saturated heterocycles. The predicted molar refractivity (Wildman–Crippen MR) is 79.7 cm³/mol. The Kier molecular flexibility index (Phi) is 6.45. The van der Waals surface area contributed by atoms with Gasteiger partial charge in [-0.2, -0.15) is 0 Å². The first-order chi connectivity index (χ1) is 8.81. The smallest absolute Gasteiger partial charge is 0.250 e. The highest BCUT2D eigenvalue weighted by molar-refractivity contribution is 9.11. The second-order valence-electron chi connectivity index (χ2n) is 4.40. The molecule has 0 atom stereocenters. The van der Waals surface area contributed by atoms with E-state index in [0.29, 0.717) is 12.5 Å². The summed E-state index contributed by atoms with van der Waals surface area (Å²) >= 11 is 4.35. The maximum absolute atomic E-state index is 11.8. The molecule has 19 heavy (non-hydrogen) atoms. The lowest BCUT2D eigenvalue weighted by Crippen LogP contribution is -2.32. The molecule has 0 fully saturated rings. The molecule has 0 bridgehead atoms. The minimum absolute atomic E-state index is 0.0990. The number of rotatable bonds is 7. The van der Waals surface area contributed by atoms with E-state index in [1.807, 2.05) is 13.8 Å². The van der Waals surface area contributed by atoms with E-state index in [2.05, 4.69) is 26.0 Å². The maximum Gasteiger partial charge on any atom is 0.250 e. The van der Waals surface area contributed by atoms with Gasteiger partial charge >= 0.3 is 0 Å². The van der Waals surface area contributed by atoms with E-state index in [0.717, 1.165) is 15.1 Å². The topological polar surface area (TPSA) is 75.3 Å². The fourth-order valence-electron chi connectivity index (χ4n) is 1.22. The van der Waals surface area contributed by atoms with E-state index in [9.17, 15) is 13.2 Å². The second kappa shape index (κ2) is 7.37. The van der Waals surface area contributed by atoms with Gasteiger partial charge in [-0.3, -0.25) is 4.79 Å². The van der Waals surface area contributed by atoms with E-state index >= 15 is 0 Å². The molecule has 0 unspecified atom stereocenters. The van der Waals surface area contributed by atoms with Crippen molar-refractivity contribution in [3.05, 3.63) is 15.9 Å². The van der Waals surface area contributed by atoms with Crippen LogP contribution in [0.15, 0.2) is 20.1 Å². The Morgan fingerprint density at radius 3 is 2.63 bits per heavy atom. The minimum atomic E-state index is -3.51. The lowest BCUT2D eigenvalue weighted by Gasteiger charge is -2.08. The van der Waals surface area contributed by atoms with Gasteiger partial charge in [0, 0.05) is 19.5 Å². The van der Waals surface area contributed by atoms with Gasteiger partial charge in [-0.25, -0.2) is 13.1 Å². The third-order valence-electron chi connectivity index (χ3n) is 2.17. The van der Waals surface area contributed by atoms with Crippen molar-refractivity contribution < 1.29 is 13.2 Å². The van der Waals surface area contributed by atoms with E-state index in [1.54, 1.807) is 6.07 Å². The molecule has 0 aliphatic carbocycles. The summed E-state index contributed by atoms with van der Waals surface area (Å²) in [6.07, 6.45) is 0.137. The van der Waals surface area contributed by atoms with Crippen LogP contribution in [0.1, 0.15) is 20.3 Å². The molecule has 0 aliphatic heterocycles. The van der Waals surface area contributed by atoms with E-state index in [-0.39, 0.29) is 23.1 Å². The van der Waals surface area contributed by atoms with Gasteiger partial charge in [-0.1, -0.05) is 13.8 Å². The predicted octanol–water partition coefficient (Wildman–Crippen LogP) is 1.95. The monoisotopic (exact) mass is 368 g/mol. The summed E-state index contributed by atoms with van der Waals surface area (Å²) in [6, 6.07) is 3.20. The zero-order valence-corrected chi connectivity index (χ0v) is 14.0. The average molecular weight is 369 g/mol. The highest BCUT2D eigenvalue weighted by atomic mass is 79.9. The molecular formula is C11H17BrN2O3S2. The van der Waals surface area contributed by atoms with Gasteiger partial charge in [-0.05, 0) is 34.0 Å². The van der Waals surface area contributed by atoms with Crippen molar-refractivity contribution in [2.24, 2.45) is 5.92 Å². The van der Waals surface area contributed by atoms with Crippen LogP contribution in [0.3, 0.4) is 0 Å². The van der Waals surface area contributed by atoms with Crippen LogP contribution in [0.5, 0.6) is 0 Å². The van der Waals surface area contributed by atoms with Crippen molar-refractivity contribution in [1.29, 1.82) is 0 Å². The molecule has 0 spiro atoms. The van der Waals surface area contributed by atoms with Crippen LogP contribution in [0.2, 0.25) is 0 Å². The minimum Gasteiger partial charge on any atom is -0.356 e. The highest BCUT2D eigenvalue weighted by Crippen LogP contribution is 2.25. The lowest BCUT2D eigenvalue weighted by atomic mass is 10.2. The molecule has 1 aromatic rings. The molecule has 1 amide bonds. The molecule has 1 heterocycles. The fraction of sp³-hybridized carbons (Fsp3) is 0.545. The molecule has 0 radical (unpaired) electrons. The van der Waals surface area contributed by atoms with Crippen LogP contribution in [-0.2, 0) is 14.8 Å². The fourth-order valence-corrected chi connectivity index (χ4v) is 4.30. The summed E-state index contributed by atoms with van der Waals surface area (Å²) in [7, 11) is -3.51. The summed E-state index contributed by atoms with van der Waals surface area (Å²) in [4.78, 5) is 11.4. The molecular weight excluding hydrogens is 352 g/mol. The molecule has 108 valence electrons. The number of hydrogen-bond acceptors (Lipinski definition) is 4. The van der Waals surface area contributed by atoms with Crippen molar-refractivity contribution in [2.45, 2.75) is 24.5 Å². The summed E-state index contributed by atoms with van der Waals surface area (Å²) in [5.74, 6) is 0.230. The average Bonchev–Trinajstić information content (AvgIpc) is 2.74. The van der Waals surface area contributed by atoms with Crippen molar-refractivity contribution in [3.8, 4) is 0 Å². The third-order valence-corrected chi connectivity index (χ3v) is 5.74. The Hall–Kier alpha value is -0.440. The number of nitrogens with one attached hydrogen (secondary N) is 2. The first kappa shape index (κ1) is 16.6. The number of carbonyl (C=O) groups is 1. The Morgan fingerprint density at radius 1 is 1.42 bits per heavy atom. The van der Waals surface area contributed by atoms with Crippen LogP contribution in [0, 0.1) is 5.92 Å². The van der Waals surface area contributed by atoms with E-state index in [4.69, 9.17) is 0 Å². The Balaban J connectivity index is 2.38. The van der Waals surface area contributed by atoms with E-state index in [1.165, 1.54) is 6.07 Å². The quantitative estimate of drug-likeness (QED) is 0.772. The first-order valence-corrected chi connectivity index (χ1v) is 8.92. The molecule has 1 aromatic heterocycles. The van der Waals surface area contributed by atoms with Crippen molar-refractivity contribution >= 4 is 43.2 Å². The normalized spacial score (nSPS) is 11.8. The van der Waals surface area contributed by atoms with Gasteiger partial charge in [0.1, 0.15) is 4.21 Å². The summed E-state index contributed by atoms with van der Waals surface area (Å²) < 4.78 is 27.1. The molecule has 0 aliphatic rings. The molecule has 0 saturated carbocycles. The number of sulfonamides is 1. The molecule has 8 heteroatoms. The Labute approximate surface area is 126 Å². The van der Waals surface area contributed by atoms with Crippen LogP contribution < -0.4 is 10.0 Å². The zero-order valence-electron chi connectivity index (χ0n) is 10.8. The van der Waals surface area contributed by atoms with Gasteiger partial charge in [0.25, 0.3) is 0 Å². The van der Waals surface area contributed by atoms with Crippen LogP contribution in [0.25, 0.3) is 0 Å². The largest absolute Gasteiger partial charge is 0.356 e. The standard InChI is InChI=1S/C11H17BrN2O3S2/c1-8(2)7-13-10(15)5-6-14-19(16,17)11-4-3-9(12)18-11/h3-4,8,14H,5-7H2,1-2H3,(H,13,15). The van der Waals surface area contributed by atoms with Crippen molar-refractivity contribution in [1.82, 2.24) is 10.0 Å². The summed E-state index contributed by atoms with van der Waals surface area (Å²) in [5.41, 5.74) is 0. The van der Waals surface area contributed by atoms with Crippen LogP contribution in [0.4, 0.5) is 0 Å².